The molecule has 404 valence electrons. The van der Waals surface area contributed by atoms with Gasteiger partial charge in [0.2, 0.25) is 5.91 Å². The molecule has 1 fully saturated rings. The van der Waals surface area contributed by atoms with Crippen LogP contribution in [0, 0.1) is 0 Å². The van der Waals surface area contributed by atoms with Crippen LogP contribution in [0.15, 0.2) is 12.8 Å². The van der Waals surface area contributed by atoms with Gasteiger partial charge in [-0.2, -0.15) is 0 Å². The summed E-state index contributed by atoms with van der Waals surface area (Å²) < 4.78 is 0. The van der Waals surface area contributed by atoms with E-state index in [1.165, 1.54) is 250 Å². The van der Waals surface area contributed by atoms with Crippen molar-refractivity contribution in [2.75, 3.05) is 6.54 Å². The predicted octanol–water partition coefficient (Wildman–Crippen LogP) is 15.4. The Labute approximate surface area is 439 Å². The van der Waals surface area contributed by atoms with Crippen LogP contribution in [-0.2, 0) is 19.2 Å². The standard InChI is InChI=1S/3C18H36O2.C6H9NO.Al/c3*1-2-3-4-5-6-7-8-9-10-11-12-13-14-15-16-17-18(19)20;1-2-7-5-3-4-6(7)8;/h3*2-17H2,1H3,(H,19,20);2H,1,3-5H2;/q;;;;+3/p-3. The van der Waals surface area contributed by atoms with Gasteiger partial charge in [0, 0.05) is 30.9 Å². The van der Waals surface area contributed by atoms with Crippen LogP contribution in [-0.4, -0.2) is 52.6 Å². The van der Waals surface area contributed by atoms with E-state index in [1.807, 2.05) is 0 Å². The van der Waals surface area contributed by atoms with Crippen molar-refractivity contribution in [2.45, 2.75) is 342 Å². The second-order valence-corrected chi connectivity index (χ2v) is 20.1. The molecule has 0 N–H and O–H groups in total. The Hall–Kier alpha value is -1.85. The van der Waals surface area contributed by atoms with Gasteiger partial charge in [-0.05, 0) is 51.1 Å². The molecule has 9 heteroatoms. The maximum absolute atomic E-state index is 10.7. The molecule has 0 radical (unpaired) electrons. The Balaban J connectivity index is -0.000000421. The van der Waals surface area contributed by atoms with E-state index in [4.69, 9.17) is 0 Å². The van der Waals surface area contributed by atoms with Gasteiger partial charge in [-0.25, -0.2) is 0 Å². The van der Waals surface area contributed by atoms with E-state index in [0.717, 1.165) is 51.5 Å². The molecule has 0 aromatic heterocycles. The van der Waals surface area contributed by atoms with E-state index < -0.39 is 17.9 Å². The van der Waals surface area contributed by atoms with E-state index in [9.17, 15) is 34.5 Å². The van der Waals surface area contributed by atoms with Gasteiger partial charge in [0.05, 0.1) is 0 Å². The van der Waals surface area contributed by atoms with Crippen LogP contribution in [0.5, 0.6) is 0 Å². The molecule has 1 saturated heterocycles. The maximum atomic E-state index is 10.7. The zero-order chi connectivity index (χ0) is 50.7. The molecule has 0 saturated carbocycles. The first-order chi connectivity index (χ1) is 33.2. The molecule has 69 heavy (non-hydrogen) atoms. The molecule has 0 unspecified atom stereocenters. The summed E-state index contributed by atoms with van der Waals surface area (Å²) in [5.74, 6) is -2.50. The number of amides is 1. The Bertz CT molecular complexity index is 952. The number of unbranched alkanes of at least 4 members (excludes halogenated alkanes) is 42. The van der Waals surface area contributed by atoms with Gasteiger partial charge >= 0.3 is 17.4 Å². The van der Waals surface area contributed by atoms with Crippen LogP contribution in [0.3, 0.4) is 0 Å². The molecule has 1 rings (SSSR count). The Morgan fingerprint density at radius 1 is 0.377 bits per heavy atom. The average Bonchev–Trinajstić information content (AvgIpc) is 3.75. The Morgan fingerprint density at radius 2 is 0.551 bits per heavy atom. The van der Waals surface area contributed by atoms with Gasteiger partial charge in [-0.3, -0.25) is 4.79 Å². The second kappa shape index (κ2) is 66.2. The smallest absolute Gasteiger partial charge is 0.550 e. The molecule has 0 aromatic carbocycles. The summed E-state index contributed by atoms with van der Waals surface area (Å²) >= 11 is 0. The first-order valence-electron chi connectivity index (χ1n) is 29.7. The molecule has 1 amide bonds. The van der Waals surface area contributed by atoms with Gasteiger partial charge in [-0.15, -0.1) is 0 Å². The number of hydrogen-bond acceptors (Lipinski definition) is 7. The minimum Gasteiger partial charge on any atom is -0.550 e. The third kappa shape index (κ3) is 72.8. The predicted molar refractivity (Wildman–Crippen MR) is 291 cm³/mol. The van der Waals surface area contributed by atoms with Crippen LogP contribution in [0.4, 0.5) is 0 Å². The first kappa shape index (κ1) is 73.7. The average molecular weight is 989 g/mol. The van der Waals surface area contributed by atoms with E-state index >= 15 is 0 Å². The molecule has 8 nitrogen and oxygen atoms in total. The molecule has 0 atom stereocenters. The fourth-order valence-corrected chi connectivity index (χ4v) is 8.78. The number of rotatable bonds is 49. The second-order valence-electron chi connectivity index (χ2n) is 20.1. The number of carboxylic acid groups (broad SMARTS) is 3. The summed E-state index contributed by atoms with van der Waals surface area (Å²) in [5, 5.41) is 30.7. The van der Waals surface area contributed by atoms with Crippen LogP contribution in [0.1, 0.15) is 342 Å². The molecule has 0 aromatic rings. The van der Waals surface area contributed by atoms with Crippen molar-refractivity contribution in [1.29, 1.82) is 0 Å². The van der Waals surface area contributed by atoms with E-state index in [0.29, 0.717) is 6.42 Å². The number of carbonyl (C=O) groups excluding carboxylic acids is 4. The quantitative estimate of drug-likeness (QED) is 0.0436. The fourth-order valence-electron chi connectivity index (χ4n) is 8.78. The van der Waals surface area contributed by atoms with Gasteiger partial charge in [0.15, 0.2) is 0 Å². The van der Waals surface area contributed by atoms with Crippen molar-refractivity contribution in [1.82, 2.24) is 4.90 Å². The molecule has 1 aliphatic heterocycles. The van der Waals surface area contributed by atoms with Crippen molar-refractivity contribution in [2.24, 2.45) is 0 Å². The van der Waals surface area contributed by atoms with Crippen molar-refractivity contribution in [3.05, 3.63) is 12.8 Å². The fraction of sp³-hybridized carbons (Fsp3) is 0.900. The summed E-state index contributed by atoms with van der Waals surface area (Å²) in [6.45, 7) is 11.2. The van der Waals surface area contributed by atoms with Crippen molar-refractivity contribution < 1.29 is 34.5 Å². The Morgan fingerprint density at radius 3 is 0.667 bits per heavy atom. The summed E-state index contributed by atoms with van der Waals surface area (Å²) in [6, 6.07) is 0. The normalized spacial score (nSPS) is 11.7. The molecule has 0 bridgehead atoms. The van der Waals surface area contributed by atoms with Crippen molar-refractivity contribution in [3.8, 4) is 0 Å². The molecular formula is C60H114AlNO7. The van der Waals surface area contributed by atoms with Crippen LogP contribution in [0.2, 0.25) is 0 Å². The van der Waals surface area contributed by atoms with E-state index in [-0.39, 0.29) is 42.5 Å². The van der Waals surface area contributed by atoms with E-state index in [1.54, 1.807) is 11.1 Å². The van der Waals surface area contributed by atoms with Gasteiger partial charge in [-0.1, -0.05) is 297 Å². The number of hydrogen-bond donors (Lipinski definition) is 0. The third-order valence-electron chi connectivity index (χ3n) is 13.3. The molecule has 0 spiro atoms. The number of carboxylic acids is 3. The van der Waals surface area contributed by atoms with Gasteiger partial charge in [0.25, 0.3) is 0 Å². The zero-order valence-electron chi connectivity index (χ0n) is 46.2. The summed E-state index contributed by atoms with van der Waals surface area (Å²) in [4.78, 5) is 43.0. The molecule has 0 aliphatic carbocycles. The zero-order valence-corrected chi connectivity index (χ0v) is 47.4. The largest absolute Gasteiger partial charge is 3.00 e. The monoisotopic (exact) mass is 988 g/mol. The minimum atomic E-state index is -0.903. The number of carbonyl (C=O) groups is 4. The molecule has 1 aliphatic rings. The third-order valence-corrected chi connectivity index (χ3v) is 13.3. The van der Waals surface area contributed by atoms with Gasteiger partial charge in [0.1, 0.15) is 0 Å². The maximum Gasteiger partial charge on any atom is 3.00 e. The Kier molecular flexibility index (Phi) is 70.6. The van der Waals surface area contributed by atoms with Crippen molar-refractivity contribution >= 4 is 41.2 Å². The number of nitrogens with zero attached hydrogens (tertiary/aromatic N) is 1. The summed E-state index contributed by atoms with van der Waals surface area (Å²) in [6.07, 6.45) is 62.9. The van der Waals surface area contributed by atoms with Crippen LogP contribution < -0.4 is 15.3 Å². The van der Waals surface area contributed by atoms with Crippen LogP contribution in [0.25, 0.3) is 0 Å². The molecule has 1 heterocycles. The van der Waals surface area contributed by atoms with Crippen molar-refractivity contribution in [3.63, 3.8) is 0 Å². The number of aliphatic carboxylic acids is 3. The SMILES string of the molecule is C=CN1CCCC1=O.CCCCCCCCCCCCCCCCCC(=O)[O-].CCCCCCCCCCCCCCCCCC(=O)[O-].CCCCCCCCCCCCCCCCCC(=O)[O-].[Al+3]. The summed E-state index contributed by atoms with van der Waals surface area (Å²) in [7, 11) is 0. The first-order valence-corrected chi connectivity index (χ1v) is 29.7. The van der Waals surface area contributed by atoms with Crippen LogP contribution >= 0.6 is 0 Å². The van der Waals surface area contributed by atoms with E-state index in [2.05, 4.69) is 27.4 Å². The summed E-state index contributed by atoms with van der Waals surface area (Å²) in [5.41, 5.74) is 0. The molecular weight excluding hydrogens is 874 g/mol. The van der Waals surface area contributed by atoms with Gasteiger partial charge < -0.3 is 34.6 Å². The topological polar surface area (TPSA) is 141 Å². The number of likely N-dealkylation sites (tertiary alicyclic amines) is 1. The minimum absolute atomic E-state index is 0.